The zero-order chi connectivity index (χ0) is 15.1. The van der Waals surface area contributed by atoms with E-state index in [9.17, 15) is 0 Å². The topological polar surface area (TPSA) is 36.9 Å². The SMILES string of the molecule is CC1(C)OB(c2ccccc2[C@@H]2COCCO2)OC1(C)C. The van der Waals surface area contributed by atoms with Gasteiger partial charge in [0.1, 0.15) is 6.10 Å². The highest BCUT2D eigenvalue weighted by molar-refractivity contribution is 6.62. The summed E-state index contributed by atoms with van der Waals surface area (Å²) in [6.45, 7) is 10.1. The largest absolute Gasteiger partial charge is 0.495 e. The molecule has 4 nitrogen and oxygen atoms in total. The van der Waals surface area contributed by atoms with Crippen molar-refractivity contribution in [3.63, 3.8) is 0 Å². The van der Waals surface area contributed by atoms with E-state index in [1.165, 1.54) is 0 Å². The van der Waals surface area contributed by atoms with Crippen LogP contribution in [0.2, 0.25) is 0 Å². The molecule has 3 rings (SSSR count). The van der Waals surface area contributed by atoms with E-state index in [0.717, 1.165) is 11.0 Å². The molecule has 2 aliphatic rings. The van der Waals surface area contributed by atoms with Gasteiger partial charge in [0.2, 0.25) is 0 Å². The Morgan fingerprint density at radius 2 is 1.67 bits per heavy atom. The molecule has 21 heavy (non-hydrogen) atoms. The van der Waals surface area contributed by atoms with Gasteiger partial charge in [0.25, 0.3) is 0 Å². The molecule has 2 heterocycles. The molecule has 0 spiro atoms. The van der Waals surface area contributed by atoms with Crippen LogP contribution in [-0.4, -0.2) is 38.1 Å². The van der Waals surface area contributed by atoms with E-state index in [1.807, 2.05) is 12.1 Å². The van der Waals surface area contributed by atoms with Crippen LogP contribution in [0.4, 0.5) is 0 Å². The third-order valence-electron chi connectivity index (χ3n) is 4.67. The highest BCUT2D eigenvalue weighted by Gasteiger charge is 2.52. The monoisotopic (exact) mass is 290 g/mol. The predicted octanol–water partition coefficient (Wildman–Crippen LogP) is 2.07. The lowest BCUT2D eigenvalue weighted by atomic mass is 9.74. The normalized spacial score (nSPS) is 27.8. The number of hydrogen-bond donors (Lipinski definition) is 0. The number of rotatable bonds is 2. The smallest absolute Gasteiger partial charge is 0.399 e. The summed E-state index contributed by atoms with van der Waals surface area (Å²) in [5.41, 5.74) is 1.45. The summed E-state index contributed by atoms with van der Waals surface area (Å²) in [5.74, 6) is 0. The molecule has 0 saturated carbocycles. The van der Waals surface area contributed by atoms with E-state index in [4.69, 9.17) is 18.8 Å². The van der Waals surface area contributed by atoms with Crippen LogP contribution in [-0.2, 0) is 18.8 Å². The Kier molecular flexibility index (Phi) is 3.86. The van der Waals surface area contributed by atoms with Gasteiger partial charge in [0.05, 0.1) is 31.0 Å². The van der Waals surface area contributed by atoms with Crippen molar-refractivity contribution in [2.45, 2.75) is 45.0 Å². The molecule has 1 aromatic carbocycles. The van der Waals surface area contributed by atoms with E-state index < -0.39 is 0 Å². The second-order valence-corrected chi connectivity index (χ2v) is 6.65. The van der Waals surface area contributed by atoms with Crippen molar-refractivity contribution < 1.29 is 18.8 Å². The van der Waals surface area contributed by atoms with Crippen molar-refractivity contribution >= 4 is 12.6 Å². The molecule has 2 saturated heterocycles. The lowest BCUT2D eigenvalue weighted by molar-refractivity contribution is -0.0898. The molecule has 1 aromatic rings. The first-order valence-electron chi connectivity index (χ1n) is 7.54. The van der Waals surface area contributed by atoms with Gasteiger partial charge in [-0.05, 0) is 38.7 Å². The van der Waals surface area contributed by atoms with E-state index in [2.05, 4.69) is 39.8 Å². The van der Waals surface area contributed by atoms with Crippen LogP contribution in [0.5, 0.6) is 0 Å². The summed E-state index contributed by atoms with van der Waals surface area (Å²) >= 11 is 0. The molecule has 0 amide bonds. The second kappa shape index (κ2) is 5.40. The molecule has 114 valence electrons. The minimum absolute atomic E-state index is 0.0472. The third-order valence-corrected chi connectivity index (χ3v) is 4.67. The van der Waals surface area contributed by atoms with Crippen LogP contribution in [0.1, 0.15) is 39.4 Å². The lowest BCUT2D eigenvalue weighted by Crippen LogP contribution is -2.41. The van der Waals surface area contributed by atoms with E-state index in [1.54, 1.807) is 0 Å². The Hall–Kier alpha value is -0.875. The highest BCUT2D eigenvalue weighted by Crippen LogP contribution is 2.37. The van der Waals surface area contributed by atoms with Gasteiger partial charge < -0.3 is 18.8 Å². The van der Waals surface area contributed by atoms with Crippen LogP contribution < -0.4 is 5.46 Å². The number of hydrogen-bond acceptors (Lipinski definition) is 4. The van der Waals surface area contributed by atoms with Crippen LogP contribution in [0, 0.1) is 0 Å². The highest BCUT2D eigenvalue weighted by atomic mass is 16.7. The van der Waals surface area contributed by atoms with Gasteiger partial charge in [-0.2, -0.15) is 0 Å². The van der Waals surface area contributed by atoms with Gasteiger partial charge in [-0.25, -0.2) is 0 Å². The molecular formula is C16H23BO4. The minimum atomic E-state index is -0.364. The van der Waals surface area contributed by atoms with Crippen LogP contribution >= 0.6 is 0 Å². The van der Waals surface area contributed by atoms with Crippen LogP contribution in [0.25, 0.3) is 0 Å². The minimum Gasteiger partial charge on any atom is -0.399 e. The van der Waals surface area contributed by atoms with E-state index >= 15 is 0 Å². The summed E-state index contributed by atoms with van der Waals surface area (Å²) in [6, 6.07) is 8.14. The van der Waals surface area contributed by atoms with Crippen molar-refractivity contribution in [1.82, 2.24) is 0 Å². The van der Waals surface area contributed by atoms with Crippen molar-refractivity contribution in [2.75, 3.05) is 19.8 Å². The molecule has 2 fully saturated rings. The van der Waals surface area contributed by atoms with Crippen molar-refractivity contribution in [3.8, 4) is 0 Å². The summed E-state index contributed by atoms with van der Waals surface area (Å²) in [5, 5.41) is 0. The summed E-state index contributed by atoms with van der Waals surface area (Å²) in [7, 11) is -0.364. The summed E-state index contributed by atoms with van der Waals surface area (Å²) in [6.07, 6.45) is -0.0472. The molecule has 0 radical (unpaired) electrons. The van der Waals surface area contributed by atoms with Gasteiger partial charge in [-0.1, -0.05) is 24.3 Å². The first-order chi connectivity index (χ1) is 9.91. The zero-order valence-corrected chi connectivity index (χ0v) is 13.2. The van der Waals surface area contributed by atoms with Gasteiger partial charge in [0, 0.05) is 0 Å². The molecular weight excluding hydrogens is 267 g/mol. The Bertz CT molecular complexity index is 493. The Balaban J connectivity index is 1.89. The van der Waals surface area contributed by atoms with Gasteiger partial charge in [0.15, 0.2) is 0 Å². The predicted molar refractivity (Wildman–Crippen MR) is 81.7 cm³/mol. The molecule has 2 aliphatic heterocycles. The number of benzene rings is 1. The molecule has 1 atom stereocenters. The maximum absolute atomic E-state index is 6.16. The Labute approximate surface area is 126 Å². The first kappa shape index (κ1) is 15.0. The molecule has 0 aromatic heterocycles. The average molecular weight is 290 g/mol. The van der Waals surface area contributed by atoms with Gasteiger partial charge >= 0.3 is 7.12 Å². The maximum atomic E-state index is 6.16. The summed E-state index contributed by atoms with van der Waals surface area (Å²) in [4.78, 5) is 0. The van der Waals surface area contributed by atoms with Crippen LogP contribution in [0.3, 0.4) is 0 Å². The van der Waals surface area contributed by atoms with Crippen molar-refractivity contribution in [2.24, 2.45) is 0 Å². The van der Waals surface area contributed by atoms with Crippen LogP contribution in [0.15, 0.2) is 24.3 Å². The third kappa shape index (κ3) is 2.75. The van der Waals surface area contributed by atoms with Crippen molar-refractivity contribution in [1.29, 1.82) is 0 Å². The molecule has 0 aliphatic carbocycles. The molecule has 0 unspecified atom stereocenters. The number of ether oxygens (including phenoxy) is 2. The molecule has 0 bridgehead atoms. The fraction of sp³-hybridized carbons (Fsp3) is 0.625. The maximum Gasteiger partial charge on any atom is 0.495 e. The van der Waals surface area contributed by atoms with Gasteiger partial charge in [-0.3, -0.25) is 0 Å². The molecule has 0 N–H and O–H groups in total. The zero-order valence-electron chi connectivity index (χ0n) is 13.2. The molecule has 5 heteroatoms. The fourth-order valence-electron chi connectivity index (χ4n) is 2.66. The summed E-state index contributed by atoms with van der Waals surface area (Å²) < 4.78 is 23.7. The van der Waals surface area contributed by atoms with E-state index in [0.29, 0.717) is 19.8 Å². The van der Waals surface area contributed by atoms with Gasteiger partial charge in [-0.15, -0.1) is 0 Å². The van der Waals surface area contributed by atoms with E-state index in [-0.39, 0.29) is 24.4 Å². The standard InChI is InChI=1S/C16H23BO4/c1-15(2)16(3,4)21-17(20-15)13-8-6-5-7-12(13)14-11-18-9-10-19-14/h5-8,14H,9-11H2,1-4H3/t14-/m0/s1. The Morgan fingerprint density at radius 1 is 1.00 bits per heavy atom. The quantitative estimate of drug-likeness (QED) is 0.781. The lowest BCUT2D eigenvalue weighted by Gasteiger charge is -2.32. The van der Waals surface area contributed by atoms with Crippen molar-refractivity contribution in [3.05, 3.63) is 29.8 Å². The fourth-order valence-corrected chi connectivity index (χ4v) is 2.66. The Morgan fingerprint density at radius 3 is 2.29 bits per heavy atom. The first-order valence-corrected chi connectivity index (χ1v) is 7.54. The average Bonchev–Trinajstić information content (AvgIpc) is 2.68. The second-order valence-electron chi connectivity index (χ2n) is 6.65.